The fraction of sp³-hybridized carbons (Fsp3) is 0. The second-order valence-electron chi connectivity index (χ2n) is 2.54. The number of benzene rings is 1. The van der Waals surface area contributed by atoms with Crippen molar-refractivity contribution < 1.29 is 13.5 Å². The summed E-state index contributed by atoms with van der Waals surface area (Å²) in [5.41, 5.74) is 0. The SMILES string of the molecule is Fc1ccc(F)c(OC2=CSNN=N2)c1. The lowest BCUT2D eigenvalue weighted by atomic mass is 10.3. The summed E-state index contributed by atoms with van der Waals surface area (Å²) in [7, 11) is 0. The zero-order chi connectivity index (χ0) is 10.7. The summed E-state index contributed by atoms with van der Waals surface area (Å²) >= 11 is 1.12. The highest BCUT2D eigenvalue weighted by atomic mass is 32.2. The molecule has 7 heteroatoms. The molecule has 0 radical (unpaired) electrons. The zero-order valence-corrected chi connectivity index (χ0v) is 8.09. The van der Waals surface area contributed by atoms with Gasteiger partial charge in [0.2, 0.25) is 5.88 Å². The Labute approximate surface area is 88.1 Å². The second kappa shape index (κ2) is 4.26. The Morgan fingerprint density at radius 1 is 1.33 bits per heavy atom. The fourth-order valence-electron chi connectivity index (χ4n) is 0.906. The quantitative estimate of drug-likeness (QED) is 0.793. The first-order chi connectivity index (χ1) is 7.25. The molecule has 1 heterocycles. The third-order valence-electron chi connectivity index (χ3n) is 1.51. The van der Waals surface area contributed by atoms with Crippen LogP contribution in [-0.4, -0.2) is 0 Å². The molecule has 0 aliphatic carbocycles. The lowest BCUT2D eigenvalue weighted by Crippen LogP contribution is -2.00. The van der Waals surface area contributed by atoms with Gasteiger partial charge in [-0.05, 0) is 12.1 Å². The van der Waals surface area contributed by atoms with Crippen LogP contribution < -0.4 is 9.57 Å². The maximum Gasteiger partial charge on any atom is 0.248 e. The molecule has 0 amide bonds. The summed E-state index contributed by atoms with van der Waals surface area (Å²) in [6.45, 7) is 0. The monoisotopic (exact) mass is 229 g/mol. The molecule has 0 aromatic heterocycles. The van der Waals surface area contributed by atoms with E-state index in [4.69, 9.17) is 4.74 Å². The lowest BCUT2D eigenvalue weighted by Gasteiger charge is -2.07. The van der Waals surface area contributed by atoms with E-state index >= 15 is 0 Å². The molecule has 0 spiro atoms. The minimum Gasteiger partial charge on any atom is -0.434 e. The highest BCUT2D eigenvalue weighted by Gasteiger charge is 2.09. The Bertz CT molecular complexity index is 436. The summed E-state index contributed by atoms with van der Waals surface area (Å²) in [6.07, 6.45) is 0. The van der Waals surface area contributed by atoms with Gasteiger partial charge in [0.05, 0.1) is 5.41 Å². The van der Waals surface area contributed by atoms with Crippen LogP contribution in [-0.2, 0) is 0 Å². The van der Waals surface area contributed by atoms with Gasteiger partial charge in [0.15, 0.2) is 11.6 Å². The Morgan fingerprint density at radius 3 is 2.93 bits per heavy atom. The Kier molecular flexibility index (Phi) is 2.82. The number of nitrogens with one attached hydrogen (secondary N) is 1. The van der Waals surface area contributed by atoms with Gasteiger partial charge in [-0.25, -0.2) is 13.6 Å². The molecular formula is C8H5F2N3OS. The number of hydrogen-bond donors (Lipinski definition) is 1. The molecule has 0 bridgehead atoms. The largest absolute Gasteiger partial charge is 0.434 e. The molecular weight excluding hydrogens is 224 g/mol. The van der Waals surface area contributed by atoms with E-state index in [1.54, 1.807) is 0 Å². The molecule has 15 heavy (non-hydrogen) atoms. The van der Waals surface area contributed by atoms with Crippen molar-refractivity contribution in [3.63, 3.8) is 0 Å². The number of hydrogen-bond acceptors (Lipinski definition) is 5. The van der Waals surface area contributed by atoms with Crippen LogP contribution >= 0.6 is 11.9 Å². The molecule has 4 nitrogen and oxygen atoms in total. The highest BCUT2D eigenvalue weighted by Crippen LogP contribution is 2.22. The predicted octanol–water partition coefficient (Wildman–Crippen LogP) is 2.76. The maximum absolute atomic E-state index is 13.1. The van der Waals surface area contributed by atoms with Gasteiger partial charge in [-0.1, -0.05) is 10.3 Å². The minimum atomic E-state index is -0.656. The van der Waals surface area contributed by atoms with E-state index in [1.807, 2.05) is 0 Å². The Hall–Kier alpha value is -1.63. The first-order valence-electron chi connectivity index (χ1n) is 3.90. The van der Waals surface area contributed by atoms with Gasteiger partial charge in [0, 0.05) is 18.0 Å². The van der Waals surface area contributed by atoms with Crippen LogP contribution in [0, 0.1) is 11.6 Å². The van der Waals surface area contributed by atoms with Gasteiger partial charge in [-0.15, -0.1) is 0 Å². The zero-order valence-electron chi connectivity index (χ0n) is 7.28. The summed E-state index contributed by atoms with van der Waals surface area (Å²) in [5, 5.41) is 8.46. The van der Waals surface area contributed by atoms with Gasteiger partial charge < -0.3 is 4.74 Å². The highest BCUT2D eigenvalue weighted by molar-refractivity contribution is 8.00. The average Bonchev–Trinajstić information content (AvgIpc) is 2.25. The summed E-state index contributed by atoms with van der Waals surface area (Å²) in [4.78, 5) is 2.48. The molecule has 1 aromatic rings. The molecule has 0 saturated heterocycles. The van der Waals surface area contributed by atoms with Crippen molar-refractivity contribution in [1.82, 2.24) is 4.83 Å². The molecule has 1 aliphatic rings. The van der Waals surface area contributed by atoms with Crippen molar-refractivity contribution in [1.29, 1.82) is 0 Å². The minimum absolute atomic E-state index is 0.100. The van der Waals surface area contributed by atoms with Gasteiger partial charge in [-0.3, -0.25) is 0 Å². The first-order valence-corrected chi connectivity index (χ1v) is 4.78. The number of nitrogens with zero attached hydrogens (tertiary/aromatic N) is 2. The average molecular weight is 229 g/mol. The number of rotatable bonds is 2. The molecule has 0 fully saturated rings. The van der Waals surface area contributed by atoms with E-state index in [9.17, 15) is 8.78 Å². The van der Waals surface area contributed by atoms with Gasteiger partial charge in [0.25, 0.3) is 0 Å². The molecule has 0 saturated carbocycles. The van der Waals surface area contributed by atoms with Crippen molar-refractivity contribution in [2.24, 2.45) is 10.3 Å². The Balaban J connectivity index is 2.20. The van der Waals surface area contributed by atoms with Crippen LogP contribution in [0.5, 0.6) is 5.75 Å². The summed E-state index contributed by atoms with van der Waals surface area (Å²) < 4.78 is 30.9. The van der Waals surface area contributed by atoms with E-state index in [1.165, 1.54) is 5.41 Å². The summed E-state index contributed by atoms with van der Waals surface area (Å²) in [6, 6.07) is 2.93. The third-order valence-corrected chi connectivity index (χ3v) is 2.02. The second-order valence-corrected chi connectivity index (χ2v) is 3.20. The summed E-state index contributed by atoms with van der Waals surface area (Å²) in [5.74, 6) is -1.35. The van der Waals surface area contributed by atoms with Gasteiger partial charge in [0.1, 0.15) is 5.82 Å². The van der Waals surface area contributed by atoms with E-state index in [0.717, 1.165) is 30.1 Å². The van der Waals surface area contributed by atoms with E-state index in [2.05, 4.69) is 15.2 Å². The van der Waals surface area contributed by atoms with Gasteiger partial charge >= 0.3 is 0 Å². The molecule has 0 unspecified atom stereocenters. The van der Waals surface area contributed by atoms with E-state index in [0.29, 0.717) is 0 Å². The third kappa shape index (κ3) is 2.44. The first kappa shape index (κ1) is 9.91. The number of halogens is 2. The number of ether oxygens (including phenoxy) is 1. The van der Waals surface area contributed by atoms with E-state index < -0.39 is 11.6 Å². The standard InChI is InChI=1S/C8H5F2N3OS/c9-5-1-2-6(10)7(3-5)14-8-4-15-13-12-11-8/h1-4H,(H,11,13). The molecule has 1 N–H and O–H groups in total. The topological polar surface area (TPSA) is 46.0 Å². The van der Waals surface area contributed by atoms with Crippen molar-refractivity contribution in [3.8, 4) is 5.75 Å². The van der Waals surface area contributed by atoms with Crippen LogP contribution in [0.25, 0.3) is 0 Å². The predicted molar refractivity (Wildman–Crippen MR) is 50.7 cm³/mol. The van der Waals surface area contributed by atoms with Crippen LogP contribution in [0.1, 0.15) is 0 Å². The van der Waals surface area contributed by atoms with Crippen LogP contribution in [0.15, 0.2) is 39.8 Å². The van der Waals surface area contributed by atoms with Gasteiger partial charge in [-0.2, -0.15) is 0 Å². The van der Waals surface area contributed by atoms with Crippen molar-refractivity contribution in [3.05, 3.63) is 41.1 Å². The van der Waals surface area contributed by atoms with Crippen LogP contribution in [0.2, 0.25) is 0 Å². The smallest absolute Gasteiger partial charge is 0.248 e. The molecule has 78 valence electrons. The molecule has 0 atom stereocenters. The van der Waals surface area contributed by atoms with Crippen molar-refractivity contribution in [2.45, 2.75) is 0 Å². The normalized spacial score (nSPS) is 14.4. The van der Waals surface area contributed by atoms with E-state index in [-0.39, 0.29) is 11.6 Å². The molecule has 2 rings (SSSR count). The fourth-order valence-corrected chi connectivity index (χ4v) is 1.24. The maximum atomic E-state index is 13.1. The van der Waals surface area contributed by atoms with Crippen molar-refractivity contribution in [2.75, 3.05) is 0 Å². The van der Waals surface area contributed by atoms with Crippen LogP contribution in [0.3, 0.4) is 0 Å². The molecule has 1 aliphatic heterocycles. The Morgan fingerprint density at radius 2 is 2.20 bits per heavy atom. The molecule has 1 aromatic carbocycles. The lowest BCUT2D eigenvalue weighted by molar-refractivity contribution is 0.382. The van der Waals surface area contributed by atoms with Crippen molar-refractivity contribution >= 4 is 11.9 Å². The van der Waals surface area contributed by atoms with Crippen LogP contribution in [0.4, 0.5) is 8.78 Å².